The Hall–Kier alpha value is -1.31. The number of carboxylic acid groups (broad SMARTS) is 1. The second kappa shape index (κ2) is 6.43. The molecule has 0 saturated heterocycles. The van der Waals surface area contributed by atoms with Crippen molar-refractivity contribution in [1.82, 2.24) is 0 Å². The van der Waals surface area contributed by atoms with Gasteiger partial charge in [-0.15, -0.1) is 11.8 Å². The number of halogens is 1. The van der Waals surface area contributed by atoms with Crippen molar-refractivity contribution in [3.05, 3.63) is 38.9 Å². The van der Waals surface area contributed by atoms with E-state index in [0.29, 0.717) is 11.3 Å². The van der Waals surface area contributed by atoms with Crippen LogP contribution in [-0.4, -0.2) is 26.8 Å². The normalized spacial score (nSPS) is 13.0. The number of thioether (sulfide) groups is 1. The highest BCUT2D eigenvalue weighted by Gasteiger charge is 2.32. The highest BCUT2D eigenvalue weighted by atomic mass is 35.5. The van der Waals surface area contributed by atoms with Gasteiger partial charge in [-0.3, -0.25) is 14.9 Å². The van der Waals surface area contributed by atoms with E-state index in [1.165, 1.54) is 23.9 Å². The molecule has 0 aliphatic rings. The summed E-state index contributed by atoms with van der Waals surface area (Å²) in [6.45, 7) is 3.46. The number of nitrogens with zero attached hydrogens (tertiary/aromatic N) is 1. The highest BCUT2D eigenvalue weighted by molar-refractivity contribution is 7.99. The molecule has 6 nitrogen and oxygen atoms in total. The molecule has 0 unspecified atom stereocenters. The number of carbonyl (C=O) groups is 1. The van der Waals surface area contributed by atoms with Gasteiger partial charge in [-0.2, -0.15) is 0 Å². The molecule has 0 radical (unpaired) electrons. The Morgan fingerprint density at radius 1 is 1.60 bits per heavy atom. The number of nitrogens with two attached hydrogens (primary N) is 1. The third-order valence-electron chi connectivity index (χ3n) is 2.86. The van der Waals surface area contributed by atoms with Crippen molar-refractivity contribution in [2.75, 3.05) is 0 Å². The maximum absolute atomic E-state index is 10.9. The maximum atomic E-state index is 10.9. The molecule has 0 spiro atoms. The van der Waals surface area contributed by atoms with Gasteiger partial charge in [0.25, 0.3) is 5.69 Å². The standard InChI is InChI=1S/C12H15ClN2O4S/c1-12(2,10(14)11(16)17)20-6-7-3-4-8(15(18)19)5-9(7)13/h3-5,10H,6,14H2,1-2H3,(H,16,17)/t10-/m1/s1. The number of aliphatic carboxylic acids is 1. The zero-order valence-electron chi connectivity index (χ0n) is 11.0. The summed E-state index contributed by atoms with van der Waals surface area (Å²) in [5.74, 6) is -0.651. The van der Waals surface area contributed by atoms with E-state index in [2.05, 4.69) is 0 Å². The summed E-state index contributed by atoms with van der Waals surface area (Å²) >= 11 is 7.32. The fraction of sp³-hybridized carbons (Fsp3) is 0.417. The molecule has 1 aromatic carbocycles. The van der Waals surface area contributed by atoms with Crippen LogP contribution < -0.4 is 5.73 Å². The molecule has 1 rings (SSSR count). The zero-order valence-corrected chi connectivity index (χ0v) is 12.6. The van der Waals surface area contributed by atoms with Crippen LogP contribution in [0.1, 0.15) is 19.4 Å². The summed E-state index contributed by atoms with van der Waals surface area (Å²) in [5.41, 5.74) is 6.24. The Kier molecular flexibility index (Phi) is 5.38. The zero-order chi connectivity index (χ0) is 15.5. The average molecular weight is 319 g/mol. The molecule has 0 fully saturated rings. The first-order valence-corrected chi connectivity index (χ1v) is 7.06. The van der Waals surface area contributed by atoms with Crippen LogP contribution in [-0.2, 0) is 10.5 Å². The second-order valence-corrected chi connectivity index (χ2v) is 6.78. The lowest BCUT2D eigenvalue weighted by Crippen LogP contribution is -2.46. The minimum Gasteiger partial charge on any atom is -0.480 e. The Balaban J connectivity index is 2.80. The van der Waals surface area contributed by atoms with Crippen LogP contribution in [0.4, 0.5) is 5.69 Å². The summed E-state index contributed by atoms with van der Waals surface area (Å²) < 4.78 is -0.684. The largest absolute Gasteiger partial charge is 0.480 e. The van der Waals surface area contributed by atoms with Crippen molar-refractivity contribution >= 4 is 35.0 Å². The predicted octanol–water partition coefficient (Wildman–Crippen LogP) is 2.67. The molecule has 3 N–H and O–H groups in total. The molecule has 0 saturated carbocycles. The summed E-state index contributed by atoms with van der Waals surface area (Å²) in [5, 5.41) is 19.8. The molecule has 1 atom stereocenters. The van der Waals surface area contributed by atoms with Crippen LogP contribution in [0.15, 0.2) is 18.2 Å². The maximum Gasteiger partial charge on any atom is 0.321 e. The van der Waals surface area contributed by atoms with E-state index in [1.54, 1.807) is 19.9 Å². The molecule has 0 bridgehead atoms. The summed E-state index contributed by atoms with van der Waals surface area (Å²) in [4.78, 5) is 21.0. The van der Waals surface area contributed by atoms with Crippen molar-refractivity contribution in [2.45, 2.75) is 30.4 Å². The van der Waals surface area contributed by atoms with Gasteiger partial charge in [0.15, 0.2) is 0 Å². The van der Waals surface area contributed by atoms with Crippen molar-refractivity contribution in [3.63, 3.8) is 0 Å². The van der Waals surface area contributed by atoms with Gasteiger partial charge < -0.3 is 10.8 Å². The summed E-state index contributed by atoms with van der Waals surface area (Å²) in [6.07, 6.45) is 0. The molecule has 0 aliphatic heterocycles. The number of rotatable bonds is 6. The van der Waals surface area contributed by atoms with E-state index in [0.717, 1.165) is 0 Å². The third kappa shape index (κ3) is 4.09. The fourth-order valence-corrected chi connectivity index (χ4v) is 2.80. The molecule has 110 valence electrons. The van der Waals surface area contributed by atoms with E-state index in [-0.39, 0.29) is 10.7 Å². The number of nitro benzene ring substituents is 1. The highest BCUT2D eigenvalue weighted by Crippen LogP contribution is 2.33. The number of nitro groups is 1. The molecular weight excluding hydrogens is 304 g/mol. The molecule has 8 heteroatoms. The molecule has 20 heavy (non-hydrogen) atoms. The van der Waals surface area contributed by atoms with Gasteiger partial charge in [0.1, 0.15) is 6.04 Å². The van der Waals surface area contributed by atoms with Crippen LogP contribution >= 0.6 is 23.4 Å². The van der Waals surface area contributed by atoms with Crippen LogP contribution in [0.25, 0.3) is 0 Å². The Morgan fingerprint density at radius 3 is 2.65 bits per heavy atom. The lowest BCUT2D eigenvalue weighted by atomic mass is 10.1. The SMILES string of the molecule is CC(C)(SCc1ccc([N+](=O)[O-])cc1Cl)[C@H](N)C(=O)O. The quantitative estimate of drug-likeness (QED) is 0.617. The average Bonchev–Trinajstić information content (AvgIpc) is 2.35. The lowest BCUT2D eigenvalue weighted by Gasteiger charge is -2.28. The minimum absolute atomic E-state index is 0.0785. The molecule has 0 heterocycles. The van der Waals surface area contributed by atoms with E-state index in [9.17, 15) is 14.9 Å². The number of hydrogen-bond acceptors (Lipinski definition) is 5. The molecule has 0 amide bonds. The van der Waals surface area contributed by atoms with Crippen LogP contribution in [0, 0.1) is 10.1 Å². The molecule has 1 aromatic rings. The summed E-state index contributed by atoms with van der Waals surface area (Å²) in [7, 11) is 0. The molecule has 0 aromatic heterocycles. The van der Waals surface area contributed by atoms with Crippen LogP contribution in [0.3, 0.4) is 0 Å². The topological polar surface area (TPSA) is 106 Å². The van der Waals surface area contributed by atoms with Gasteiger partial charge in [0.05, 0.1) is 9.95 Å². The van der Waals surface area contributed by atoms with Gasteiger partial charge in [0.2, 0.25) is 0 Å². The fourth-order valence-electron chi connectivity index (χ4n) is 1.42. The van der Waals surface area contributed by atoms with Gasteiger partial charge in [-0.1, -0.05) is 11.6 Å². The van der Waals surface area contributed by atoms with Crippen LogP contribution in [0.5, 0.6) is 0 Å². The van der Waals surface area contributed by atoms with Gasteiger partial charge in [0, 0.05) is 22.6 Å². The van der Waals surface area contributed by atoms with Crippen molar-refractivity contribution < 1.29 is 14.8 Å². The monoisotopic (exact) mass is 318 g/mol. The van der Waals surface area contributed by atoms with Crippen LogP contribution in [0.2, 0.25) is 5.02 Å². The first kappa shape index (κ1) is 16.7. The van der Waals surface area contributed by atoms with Crippen molar-refractivity contribution in [3.8, 4) is 0 Å². The molecule has 0 aliphatic carbocycles. The number of benzene rings is 1. The second-order valence-electron chi connectivity index (χ2n) is 4.74. The number of hydrogen-bond donors (Lipinski definition) is 2. The van der Waals surface area contributed by atoms with Gasteiger partial charge >= 0.3 is 5.97 Å². The van der Waals surface area contributed by atoms with E-state index in [1.807, 2.05) is 0 Å². The van der Waals surface area contributed by atoms with E-state index < -0.39 is 21.7 Å². The summed E-state index contributed by atoms with van der Waals surface area (Å²) in [6, 6.07) is 3.20. The van der Waals surface area contributed by atoms with E-state index in [4.69, 9.17) is 22.4 Å². The van der Waals surface area contributed by atoms with Gasteiger partial charge in [-0.05, 0) is 25.5 Å². The number of non-ortho nitro benzene ring substituents is 1. The predicted molar refractivity (Wildman–Crippen MR) is 79.1 cm³/mol. The van der Waals surface area contributed by atoms with Gasteiger partial charge in [-0.25, -0.2) is 0 Å². The smallest absolute Gasteiger partial charge is 0.321 e. The Bertz CT molecular complexity index is 536. The lowest BCUT2D eigenvalue weighted by molar-refractivity contribution is -0.384. The Labute approximate surface area is 125 Å². The number of carboxylic acids is 1. The first-order valence-electron chi connectivity index (χ1n) is 5.70. The minimum atomic E-state index is -1.07. The Morgan fingerprint density at radius 2 is 2.20 bits per heavy atom. The van der Waals surface area contributed by atoms with Crippen molar-refractivity contribution in [2.24, 2.45) is 5.73 Å². The third-order valence-corrected chi connectivity index (χ3v) is 4.67. The van der Waals surface area contributed by atoms with E-state index >= 15 is 0 Å². The van der Waals surface area contributed by atoms with Crippen molar-refractivity contribution in [1.29, 1.82) is 0 Å². The molecular formula is C12H15ClN2O4S. The first-order chi connectivity index (χ1) is 9.15.